The SMILES string of the molecule is O=C(O)CC(NC(=O)Cn1ccc([N+](=O)[O-])n1)C1CC1. The molecular formula is C11H14N4O5. The third-order valence-corrected chi connectivity index (χ3v) is 3.05. The van der Waals surface area contributed by atoms with Crippen LogP contribution < -0.4 is 5.32 Å². The van der Waals surface area contributed by atoms with Crippen LogP contribution in [0, 0.1) is 16.0 Å². The molecule has 0 radical (unpaired) electrons. The molecule has 0 aromatic carbocycles. The Labute approximate surface area is 113 Å². The predicted octanol–water partition coefficient (Wildman–Crippen LogP) is 0.161. The van der Waals surface area contributed by atoms with Crippen molar-refractivity contribution in [2.24, 2.45) is 5.92 Å². The summed E-state index contributed by atoms with van der Waals surface area (Å²) in [5.74, 6) is -1.48. The Kier molecular flexibility index (Phi) is 3.97. The molecule has 1 fully saturated rings. The van der Waals surface area contributed by atoms with E-state index in [-0.39, 0.29) is 30.7 Å². The van der Waals surface area contributed by atoms with Gasteiger partial charge in [0.05, 0.1) is 23.8 Å². The van der Waals surface area contributed by atoms with E-state index in [1.165, 1.54) is 12.3 Å². The number of amides is 1. The van der Waals surface area contributed by atoms with Gasteiger partial charge in [0.15, 0.2) is 0 Å². The molecule has 1 unspecified atom stereocenters. The Morgan fingerprint density at radius 3 is 2.80 bits per heavy atom. The van der Waals surface area contributed by atoms with Gasteiger partial charge in [-0.2, -0.15) is 4.68 Å². The fraction of sp³-hybridized carbons (Fsp3) is 0.545. The van der Waals surface area contributed by atoms with Crippen molar-refractivity contribution in [3.8, 4) is 0 Å². The zero-order valence-electron chi connectivity index (χ0n) is 10.6. The maximum absolute atomic E-state index is 11.8. The summed E-state index contributed by atoms with van der Waals surface area (Å²) >= 11 is 0. The highest BCUT2D eigenvalue weighted by Crippen LogP contribution is 2.34. The Morgan fingerprint density at radius 2 is 2.30 bits per heavy atom. The van der Waals surface area contributed by atoms with E-state index in [4.69, 9.17) is 5.11 Å². The molecule has 0 spiro atoms. The molecule has 2 rings (SSSR count). The predicted molar refractivity (Wildman–Crippen MR) is 65.8 cm³/mol. The first-order chi connectivity index (χ1) is 9.45. The van der Waals surface area contributed by atoms with Crippen LogP contribution >= 0.6 is 0 Å². The summed E-state index contributed by atoms with van der Waals surface area (Å²) in [6.45, 7) is -0.170. The zero-order chi connectivity index (χ0) is 14.7. The first-order valence-corrected chi connectivity index (χ1v) is 6.14. The van der Waals surface area contributed by atoms with Gasteiger partial charge in [0.2, 0.25) is 5.91 Å². The van der Waals surface area contributed by atoms with Gasteiger partial charge >= 0.3 is 11.8 Å². The minimum atomic E-state index is -0.961. The van der Waals surface area contributed by atoms with Gasteiger partial charge in [0, 0.05) is 6.04 Å². The number of hydrogen-bond acceptors (Lipinski definition) is 5. The zero-order valence-corrected chi connectivity index (χ0v) is 10.6. The summed E-state index contributed by atoms with van der Waals surface area (Å²) < 4.78 is 1.15. The number of nitrogens with one attached hydrogen (secondary N) is 1. The minimum absolute atomic E-state index is 0.115. The van der Waals surface area contributed by atoms with Crippen LogP contribution in [-0.2, 0) is 16.1 Å². The van der Waals surface area contributed by atoms with Crippen molar-refractivity contribution in [3.63, 3.8) is 0 Å². The molecule has 1 atom stereocenters. The van der Waals surface area contributed by atoms with Crippen LogP contribution in [0.4, 0.5) is 5.82 Å². The molecule has 1 saturated carbocycles. The van der Waals surface area contributed by atoms with Crippen molar-refractivity contribution in [3.05, 3.63) is 22.4 Å². The van der Waals surface area contributed by atoms with Gasteiger partial charge in [-0.25, -0.2) is 0 Å². The lowest BCUT2D eigenvalue weighted by atomic mass is 10.1. The number of carboxylic acid groups (broad SMARTS) is 1. The van der Waals surface area contributed by atoms with E-state index in [1.807, 2.05) is 0 Å². The largest absolute Gasteiger partial charge is 0.481 e. The van der Waals surface area contributed by atoms with Gasteiger partial charge in [0.25, 0.3) is 0 Å². The maximum Gasteiger partial charge on any atom is 0.389 e. The molecule has 1 aromatic rings. The second kappa shape index (κ2) is 5.68. The molecule has 0 saturated heterocycles. The summed E-state index contributed by atoms with van der Waals surface area (Å²) in [6, 6.07) is 0.814. The van der Waals surface area contributed by atoms with Crippen molar-refractivity contribution in [1.29, 1.82) is 0 Å². The van der Waals surface area contributed by atoms with Gasteiger partial charge < -0.3 is 20.5 Å². The molecule has 9 heteroatoms. The number of aliphatic carboxylic acids is 1. The molecule has 1 heterocycles. The quantitative estimate of drug-likeness (QED) is 0.541. The second-order valence-electron chi connectivity index (χ2n) is 4.74. The van der Waals surface area contributed by atoms with E-state index in [1.54, 1.807) is 0 Å². The van der Waals surface area contributed by atoms with Crippen LogP contribution in [0.3, 0.4) is 0 Å². The number of nitro groups is 1. The molecule has 1 amide bonds. The lowest BCUT2D eigenvalue weighted by Crippen LogP contribution is -2.39. The first-order valence-electron chi connectivity index (χ1n) is 6.14. The van der Waals surface area contributed by atoms with Crippen LogP contribution in [0.5, 0.6) is 0 Å². The summed E-state index contributed by atoms with van der Waals surface area (Å²) in [4.78, 5) is 32.3. The van der Waals surface area contributed by atoms with Crippen molar-refractivity contribution < 1.29 is 19.6 Å². The highest BCUT2D eigenvalue weighted by Gasteiger charge is 2.33. The van der Waals surface area contributed by atoms with Crippen LogP contribution in [0.1, 0.15) is 19.3 Å². The van der Waals surface area contributed by atoms with Crippen LogP contribution in [0.25, 0.3) is 0 Å². The fourth-order valence-corrected chi connectivity index (χ4v) is 1.96. The van der Waals surface area contributed by atoms with Gasteiger partial charge in [-0.15, -0.1) is 0 Å². The first kappa shape index (κ1) is 14.0. The standard InChI is InChI=1S/C11H14N4O5/c16-10(6-14-4-3-9(13-14)15(19)20)12-8(5-11(17)18)7-1-2-7/h3-4,7-8H,1-2,5-6H2,(H,12,16)(H,17,18). The molecule has 1 aliphatic carbocycles. The minimum Gasteiger partial charge on any atom is -0.481 e. The molecule has 108 valence electrons. The van der Waals surface area contributed by atoms with Gasteiger partial charge in [0.1, 0.15) is 6.54 Å². The van der Waals surface area contributed by atoms with Gasteiger partial charge in [-0.3, -0.25) is 9.59 Å². The van der Waals surface area contributed by atoms with E-state index >= 15 is 0 Å². The average Bonchev–Trinajstić information content (AvgIpc) is 3.08. The number of carbonyl (C=O) groups is 2. The van der Waals surface area contributed by atoms with E-state index in [2.05, 4.69) is 10.4 Å². The molecule has 0 aliphatic heterocycles. The number of carboxylic acids is 1. The summed E-state index contributed by atoms with van der Waals surface area (Å²) in [5, 5.41) is 25.5. The van der Waals surface area contributed by atoms with E-state index in [0.717, 1.165) is 17.5 Å². The highest BCUT2D eigenvalue weighted by atomic mass is 16.6. The third kappa shape index (κ3) is 3.77. The Hall–Kier alpha value is -2.45. The Bertz CT molecular complexity index is 537. The molecule has 2 N–H and O–H groups in total. The number of carbonyl (C=O) groups excluding carboxylic acids is 1. The van der Waals surface area contributed by atoms with E-state index in [9.17, 15) is 19.7 Å². The van der Waals surface area contributed by atoms with E-state index < -0.39 is 16.8 Å². The lowest BCUT2D eigenvalue weighted by Gasteiger charge is -2.15. The molecule has 9 nitrogen and oxygen atoms in total. The number of nitrogens with zero attached hydrogens (tertiary/aromatic N) is 3. The second-order valence-corrected chi connectivity index (χ2v) is 4.74. The molecule has 1 aliphatic rings. The number of aromatic nitrogens is 2. The topological polar surface area (TPSA) is 127 Å². The summed E-state index contributed by atoms with van der Waals surface area (Å²) in [5.41, 5.74) is 0. The molecule has 20 heavy (non-hydrogen) atoms. The Balaban J connectivity index is 1.89. The molecule has 0 bridgehead atoms. The summed E-state index contributed by atoms with van der Waals surface area (Å²) in [6.07, 6.45) is 3.04. The number of hydrogen-bond donors (Lipinski definition) is 2. The van der Waals surface area contributed by atoms with Crippen molar-refractivity contribution in [2.75, 3.05) is 0 Å². The van der Waals surface area contributed by atoms with Gasteiger partial charge in [-0.1, -0.05) is 0 Å². The molecule has 1 aromatic heterocycles. The van der Waals surface area contributed by atoms with Crippen molar-refractivity contribution in [2.45, 2.75) is 31.8 Å². The van der Waals surface area contributed by atoms with Crippen LogP contribution in [-0.4, -0.2) is 37.7 Å². The molecular weight excluding hydrogens is 268 g/mol. The van der Waals surface area contributed by atoms with Crippen LogP contribution in [0.2, 0.25) is 0 Å². The fourth-order valence-electron chi connectivity index (χ4n) is 1.96. The van der Waals surface area contributed by atoms with Gasteiger partial charge in [-0.05, 0) is 23.7 Å². The smallest absolute Gasteiger partial charge is 0.389 e. The maximum atomic E-state index is 11.8. The summed E-state index contributed by atoms with van der Waals surface area (Å²) in [7, 11) is 0. The highest BCUT2D eigenvalue weighted by molar-refractivity contribution is 5.77. The average molecular weight is 282 g/mol. The number of rotatable bonds is 7. The van der Waals surface area contributed by atoms with E-state index in [0.29, 0.717) is 0 Å². The Morgan fingerprint density at radius 1 is 1.60 bits per heavy atom. The lowest BCUT2D eigenvalue weighted by molar-refractivity contribution is -0.389. The van der Waals surface area contributed by atoms with Crippen molar-refractivity contribution >= 4 is 17.7 Å². The normalized spacial score (nSPS) is 15.6. The third-order valence-electron chi connectivity index (χ3n) is 3.05. The van der Waals surface area contributed by atoms with Crippen molar-refractivity contribution in [1.82, 2.24) is 15.1 Å². The monoisotopic (exact) mass is 282 g/mol. The van der Waals surface area contributed by atoms with Crippen LogP contribution in [0.15, 0.2) is 12.3 Å².